The van der Waals surface area contributed by atoms with Crippen molar-refractivity contribution in [1.82, 2.24) is 9.78 Å². The van der Waals surface area contributed by atoms with E-state index in [1.165, 1.54) is 6.42 Å². The van der Waals surface area contributed by atoms with Crippen LogP contribution in [0.15, 0.2) is 12.4 Å². The number of nitrogens with zero attached hydrogens (tertiary/aromatic N) is 2. The largest absolute Gasteiger partial charge is 0.303 e. The SMILES string of the molecule is O=CCC(=O)c1cnn(C2CCC2)c1. The zero-order valence-corrected chi connectivity index (χ0v) is 7.85. The van der Waals surface area contributed by atoms with E-state index in [0.717, 1.165) is 12.8 Å². The number of carbonyl (C=O) groups excluding carboxylic acids is 2. The Morgan fingerprint density at radius 1 is 1.64 bits per heavy atom. The summed E-state index contributed by atoms with van der Waals surface area (Å²) in [6.07, 6.45) is 7.40. The Bertz CT molecular complexity index is 353. The highest BCUT2D eigenvalue weighted by Crippen LogP contribution is 2.30. The number of Topliss-reactive ketones (excluding diaryl/α,β-unsaturated/α-hetero) is 1. The van der Waals surface area contributed by atoms with Gasteiger partial charge in [0.25, 0.3) is 0 Å². The van der Waals surface area contributed by atoms with Crippen LogP contribution in [0.3, 0.4) is 0 Å². The third kappa shape index (κ3) is 1.60. The smallest absolute Gasteiger partial charge is 0.173 e. The molecule has 1 aromatic heterocycles. The summed E-state index contributed by atoms with van der Waals surface area (Å²) >= 11 is 0. The van der Waals surface area contributed by atoms with Crippen LogP contribution in [0.2, 0.25) is 0 Å². The number of aromatic nitrogens is 2. The first kappa shape index (κ1) is 9.12. The molecule has 0 spiro atoms. The van der Waals surface area contributed by atoms with Crippen LogP contribution in [0.25, 0.3) is 0 Å². The van der Waals surface area contributed by atoms with Crippen LogP contribution in [0.5, 0.6) is 0 Å². The van der Waals surface area contributed by atoms with Crippen LogP contribution in [-0.2, 0) is 4.79 Å². The molecule has 2 rings (SSSR count). The summed E-state index contributed by atoms with van der Waals surface area (Å²) in [6, 6.07) is 0.466. The van der Waals surface area contributed by atoms with E-state index in [0.29, 0.717) is 17.9 Å². The highest BCUT2D eigenvalue weighted by molar-refractivity contribution is 6.02. The predicted molar refractivity (Wildman–Crippen MR) is 50.1 cm³/mol. The van der Waals surface area contributed by atoms with E-state index < -0.39 is 0 Å². The molecule has 1 aliphatic rings. The number of carbonyl (C=O) groups is 2. The van der Waals surface area contributed by atoms with Crippen molar-refractivity contribution in [1.29, 1.82) is 0 Å². The van der Waals surface area contributed by atoms with Gasteiger partial charge >= 0.3 is 0 Å². The molecule has 0 unspecified atom stereocenters. The lowest BCUT2D eigenvalue weighted by Gasteiger charge is -2.25. The molecule has 0 N–H and O–H groups in total. The maximum Gasteiger partial charge on any atom is 0.173 e. The highest BCUT2D eigenvalue weighted by atomic mass is 16.1. The number of aldehydes is 1. The first-order valence-corrected chi connectivity index (χ1v) is 4.82. The molecular formula is C10H12N2O2. The van der Waals surface area contributed by atoms with Crippen molar-refractivity contribution in [3.05, 3.63) is 18.0 Å². The molecule has 1 aliphatic carbocycles. The molecular weight excluding hydrogens is 180 g/mol. The second-order valence-electron chi connectivity index (χ2n) is 3.59. The zero-order valence-electron chi connectivity index (χ0n) is 7.85. The standard InChI is InChI=1S/C10H12N2O2/c13-5-4-10(14)8-6-11-12(7-8)9-2-1-3-9/h5-7,9H,1-4H2. The van der Waals surface area contributed by atoms with Crippen molar-refractivity contribution in [3.63, 3.8) is 0 Å². The minimum Gasteiger partial charge on any atom is -0.303 e. The molecule has 0 bridgehead atoms. The van der Waals surface area contributed by atoms with Gasteiger partial charge in [-0.15, -0.1) is 0 Å². The lowest BCUT2D eigenvalue weighted by atomic mass is 9.93. The molecule has 1 aromatic rings. The van der Waals surface area contributed by atoms with E-state index in [-0.39, 0.29) is 12.2 Å². The van der Waals surface area contributed by atoms with Gasteiger partial charge in [-0.25, -0.2) is 0 Å². The van der Waals surface area contributed by atoms with Gasteiger partial charge in [0.2, 0.25) is 0 Å². The van der Waals surface area contributed by atoms with Crippen molar-refractivity contribution in [2.45, 2.75) is 31.7 Å². The van der Waals surface area contributed by atoms with E-state index in [2.05, 4.69) is 5.10 Å². The van der Waals surface area contributed by atoms with Crippen LogP contribution < -0.4 is 0 Å². The Hall–Kier alpha value is -1.45. The van der Waals surface area contributed by atoms with E-state index in [1.54, 1.807) is 12.4 Å². The number of rotatable bonds is 4. The van der Waals surface area contributed by atoms with Crippen LogP contribution in [-0.4, -0.2) is 21.8 Å². The Balaban J connectivity index is 2.08. The molecule has 74 valence electrons. The van der Waals surface area contributed by atoms with Gasteiger partial charge < -0.3 is 4.79 Å². The molecule has 1 saturated carbocycles. The van der Waals surface area contributed by atoms with Gasteiger partial charge in [0.05, 0.1) is 24.2 Å². The molecule has 0 aromatic carbocycles. The number of hydrogen-bond acceptors (Lipinski definition) is 3. The Kier molecular flexibility index (Phi) is 2.43. The Labute approximate surface area is 81.9 Å². The van der Waals surface area contributed by atoms with Crippen molar-refractivity contribution in [2.24, 2.45) is 0 Å². The second kappa shape index (κ2) is 3.74. The second-order valence-corrected chi connectivity index (χ2v) is 3.59. The summed E-state index contributed by atoms with van der Waals surface area (Å²) in [5.41, 5.74) is 0.545. The average Bonchev–Trinajstić information content (AvgIpc) is 2.50. The van der Waals surface area contributed by atoms with Crippen molar-refractivity contribution in [2.75, 3.05) is 0 Å². The minimum atomic E-state index is -0.148. The Morgan fingerprint density at radius 2 is 2.43 bits per heavy atom. The molecule has 0 aliphatic heterocycles. The molecule has 0 radical (unpaired) electrons. The maximum atomic E-state index is 11.3. The third-order valence-electron chi connectivity index (χ3n) is 2.64. The average molecular weight is 192 g/mol. The van der Waals surface area contributed by atoms with Gasteiger partial charge in [0, 0.05) is 6.20 Å². The minimum absolute atomic E-state index is 0.0453. The summed E-state index contributed by atoms with van der Waals surface area (Å²) < 4.78 is 1.83. The lowest BCUT2D eigenvalue weighted by molar-refractivity contribution is -0.107. The van der Waals surface area contributed by atoms with Gasteiger partial charge in [-0.05, 0) is 19.3 Å². The molecule has 4 nitrogen and oxygen atoms in total. The van der Waals surface area contributed by atoms with E-state index in [4.69, 9.17) is 0 Å². The summed E-state index contributed by atoms with van der Waals surface area (Å²) in [4.78, 5) is 21.5. The van der Waals surface area contributed by atoms with E-state index in [1.807, 2.05) is 4.68 Å². The topological polar surface area (TPSA) is 52.0 Å². The van der Waals surface area contributed by atoms with Crippen molar-refractivity contribution < 1.29 is 9.59 Å². The quantitative estimate of drug-likeness (QED) is 0.411. The molecule has 0 amide bonds. The van der Waals surface area contributed by atoms with Crippen LogP contribution in [0.4, 0.5) is 0 Å². The summed E-state index contributed by atoms with van der Waals surface area (Å²) in [7, 11) is 0. The fraction of sp³-hybridized carbons (Fsp3) is 0.500. The van der Waals surface area contributed by atoms with Gasteiger partial charge in [-0.1, -0.05) is 0 Å². The van der Waals surface area contributed by atoms with Gasteiger partial charge in [-0.3, -0.25) is 9.48 Å². The molecule has 1 heterocycles. The molecule has 4 heteroatoms. The van der Waals surface area contributed by atoms with Crippen LogP contribution in [0, 0.1) is 0 Å². The highest BCUT2D eigenvalue weighted by Gasteiger charge is 2.20. The molecule has 0 saturated heterocycles. The lowest BCUT2D eigenvalue weighted by Crippen LogP contribution is -2.17. The monoisotopic (exact) mass is 192 g/mol. The molecule has 14 heavy (non-hydrogen) atoms. The maximum absolute atomic E-state index is 11.3. The summed E-state index contributed by atoms with van der Waals surface area (Å²) in [5.74, 6) is -0.148. The van der Waals surface area contributed by atoms with Crippen LogP contribution in [0.1, 0.15) is 42.1 Å². The van der Waals surface area contributed by atoms with E-state index >= 15 is 0 Å². The summed E-state index contributed by atoms with van der Waals surface area (Å²) in [5, 5.41) is 4.12. The number of hydrogen-bond donors (Lipinski definition) is 0. The Morgan fingerprint density at radius 3 is 3.00 bits per heavy atom. The zero-order chi connectivity index (χ0) is 9.97. The first-order chi connectivity index (χ1) is 6.81. The van der Waals surface area contributed by atoms with Gasteiger partial charge in [0.15, 0.2) is 5.78 Å². The predicted octanol–water partition coefficient (Wildman–Crippen LogP) is 1.38. The van der Waals surface area contributed by atoms with Gasteiger partial charge in [-0.2, -0.15) is 5.10 Å². The van der Waals surface area contributed by atoms with Crippen molar-refractivity contribution in [3.8, 4) is 0 Å². The molecule has 1 fully saturated rings. The van der Waals surface area contributed by atoms with E-state index in [9.17, 15) is 9.59 Å². The normalized spacial score (nSPS) is 16.3. The first-order valence-electron chi connectivity index (χ1n) is 4.82. The van der Waals surface area contributed by atoms with Gasteiger partial charge in [0.1, 0.15) is 6.29 Å². The number of ketones is 1. The van der Waals surface area contributed by atoms with Crippen LogP contribution >= 0.6 is 0 Å². The fourth-order valence-corrected chi connectivity index (χ4v) is 1.53. The fourth-order valence-electron chi connectivity index (χ4n) is 1.53. The molecule has 0 atom stereocenters. The third-order valence-corrected chi connectivity index (χ3v) is 2.64. The van der Waals surface area contributed by atoms with Crippen molar-refractivity contribution >= 4 is 12.1 Å². The summed E-state index contributed by atoms with van der Waals surface area (Å²) in [6.45, 7) is 0.